The maximum Gasteiger partial charge on any atom is 0.265 e. The molecule has 0 radical (unpaired) electrons. The van der Waals surface area contributed by atoms with Crippen molar-refractivity contribution in [2.75, 3.05) is 18.5 Å². The number of nitrogens with one attached hydrogen (secondary N) is 1. The van der Waals surface area contributed by atoms with Gasteiger partial charge in [0.05, 0.1) is 16.1 Å². The molecule has 0 saturated carbocycles. The summed E-state index contributed by atoms with van der Waals surface area (Å²) in [5, 5.41) is 4.68. The van der Waals surface area contributed by atoms with E-state index in [1.807, 2.05) is 29.6 Å². The molecule has 136 valence electrons. The molecule has 1 amide bonds. The van der Waals surface area contributed by atoms with Crippen molar-refractivity contribution in [1.82, 2.24) is 0 Å². The van der Waals surface area contributed by atoms with Gasteiger partial charge in [-0.05, 0) is 52.2 Å². The van der Waals surface area contributed by atoms with Gasteiger partial charge >= 0.3 is 0 Å². The van der Waals surface area contributed by atoms with E-state index in [2.05, 4.69) is 27.9 Å². The van der Waals surface area contributed by atoms with Gasteiger partial charge in [0.1, 0.15) is 13.2 Å². The molecule has 1 aliphatic rings. The zero-order valence-corrected chi connectivity index (χ0v) is 17.0. The molecular weight excluding hydrogens is 477 g/mol. The minimum Gasteiger partial charge on any atom is -0.486 e. The molecule has 4 rings (SSSR count). The average molecular weight is 491 g/mol. The zero-order valence-electron chi connectivity index (χ0n) is 14.0. The molecule has 0 spiro atoms. The van der Waals surface area contributed by atoms with Crippen molar-refractivity contribution in [3.8, 4) is 11.5 Å². The second-order valence-corrected chi connectivity index (χ2v) is 7.89. The van der Waals surface area contributed by atoms with Crippen LogP contribution in [-0.4, -0.2) is 24.9 Å². The molecule has 0 aliphatic carbocycles. The third kappa shape index (κ3) is 3.70. The molecule has 7 heteroatoms. The Morgan fingerprint density at radius 2 is 1.70 bits per heavy atom. The molecule has 2 heterocycles. The highest BCUT2D eigenvalue weighted by molar-refractivity contribution is 14.1. The molecule has 0 atom stereocenters. The van der Waals surface area contributed by atoms with Crippen molar-refractivity contribution >= 4 is 51.3 Å². The van der Waals surface area contributed by atoms with Crippen molar-refractivity contribution in [3.05, 3.63) is 73.5 Å². The fourth-order valence-corrected chi connectivity index (χ4v) is 4.01. The number of rotatable bonds is 4. The van der Waals surface area contributed by atoms with Gasteiger partial charge in [-0.2, -0.15) is 0 Å². The quantitative estimate of drug-likeness (QED) is 0.428. The highest BCUT2D eigenvalue weighted by Gasteiger charge is 2.23. The molecule has 5 nitrogen and oxygen atoms in total. The number of hydrogen-bond acceptors (Lipinski definition) is 5. The standard InChI is InChI=1S/C20H14INO4S/c21-14-5-2-1-4-12(14)19(23)13-10-16-17(26-8-7-25-16)11-15(13)22-20(24)18-6-3-9-27-18/h1-6,9-11H,7-8H2,(H,22,24). The number of carbonyl (C=O) groups is 2. The van der Waals surface area contributed by atoms with Crippen LogP contribution in [0.1, 0.15) is 25.6 Å². The van der Waals surface area contributed by atoms with Crippen molar-refractivity contribution in [3.63, 3.8) is 0 Å². The number of carbonyl (C=O) groups excluding carboxylic acids is 2. The van der Waals surface area contributed by atoms with Crippen LogP contribution in [0.25, 0.3) is 0 Å². The normalized spacial score (nSPS) is 12.5. The minimum absolute atomic E-state index is 0.182. The van der Waals surface area contributed by atoms with Crippen LogP contribution in [0, 0.1) is 3.57 Å². The van der Waals surface area contributed by atoms with E-state index in [1.165, 1.54) is 11.3 Å². The van der Waals surface area contributed by atoms with E-state index in [4.69, 9.17) is 9.47 Å². The second kappa shape index (κ2) is 7.69. The summed E-state index contributed by atoms with van der Waals surface area (Å²) in [6.07, 6.45) is 0. The van der Waals surface area contributed by atoms with Gasteiger partial charge in [-0.25, -0.2) is 0 Å². The van der Waals surface area contributed by atoms with E-state index in [1.54, 1.807) is 24.3 Å². The Kier molecular flexibility index (Phi) is 5.13. The van der Waals surface area contributed by atoms with E-state index >= 15 is 0 Å². The fraction of sp³-hybridized carbons (Fsp3) is 0.100. The number of benzene rings is 2. The minimum atomic E-state index is -0.265. The molecule has 1 aliphatic heterocycles. The summed E-state index contributed by atoms with van der Waals surface area (Å²) in [5.41, 5.74) is 1.34. The molecule has 0 unspecified atom stereocenters. The first-order chi connectivity index (χ1) is 13.1. The fourth-order valence-electron chi connectivity index (χ4n) is 2.76. The Morgan fingerprint density at radius 3 is 2.41 bits per heavy atom. The van der Waals surface area contributed by atoms with Crippen LogP contribution in [0.15, 0.2) is 53.9 Å². The molecule has 0 bridgehead atoms. The Bertz CT molecular complexity index is 1020. The summed E-state index contributed by atoms with van der Waals surface area (Å²) >= 11 is 3.47. The number of thiophene rings is 1. The van der Waals surface area contributed by atoms with E-state index in [9.17, 15) is 9.59 Å². The van der Waals surface area contributed by atoms with Gasteiger partial charge in [-0.15, -0.1) is 11.3 Å². The highest BCUT2D eigenvalue weighted by Crippen LogP contribution is 2.37. The van der Waals surface area contributed by atoms with Gasteiger partial charge < -0.3 is 14.8 Å². The third-order valence-electron chi connectivity index (χ3n) is 4.04. The molecule has 3 aromatic rings. The second-order valence-electron chi connectivity index (χ2n) is 5.78. The summed E-state index contributed by atoms with van der Waals surface area (Å²) in [6, 6.07) is 14.2. The zero-order chi connectivity index (χ0) is 18.8. The van der Waals surface area contributed by atoms with E-state index in [0.717, 1.165) is 3.57 Å². The van der Waals surface area contributed by atoms with Crippen LogP contribution in [-0.2, 0) is 0 Å². The van der Waals surface area contributed by atoms with Crippen molar-refractivity contribution in [2.45, 2.75) is 0 Å². The topological polar surface area (TPSA) is 64.6 Å². The lowest BCUT2D eigenvalue weighted by Crippen LogP contribution is -2.19. The smallest absolute Gasteiger partial charge is 0.265 e. The maximum atomic E-state index is 13.2. The molecule has 1 N–H and O–H groups in total. The predicted molar refractivity (Wildman–Crippen MR) is 112 cm³/mol. The van der Waals surface area contributed by atoms with Gasteiger partial charge in [-0.3, -0.25) is 9.59 Å². The van der Waals surface area contributed by atoms with Crippen LogP contribution < -0.4 is 14.8 Å². The first kappa shape index (κ1) is 18.0. The molecule has 1 aromatic heterocycles. The molecule has 2 aromatic carbocycles. The van der Waals surface area contributed by atoms with Gasteiger partial charge in [0.15, 0.2) is 17.3 Å². The van der Waals surface area contributed by atoms with E-state index in [-0.39, 0.29) is 11.7 Å². The Morgan fingerprint density at radius 1 is 0.963 bits per heavy atom. The Balaban J connectivity index is 1.77. The summed E-state index contributed by atoms with van der Waals surface area (Å²) < 4.78 is 12.1. The number of ketones is 1. The predicted octanol–water partition coefficient (Wildman–Crippen LogP) is 4.61. The van der Waals surface area contributed by atoms with Gasteiger partial charge in [0.2, 0.25) is 0 Å². The number of anilines is 1. The van der Waals surface area contributed by atoms with Gasteiger partial charge in [-0.1, -0.05) is 18.2 Å². The Labute approximate surface area is 173 Å². The van der Waals surface area contributed by atoms with Gasteiger partial charge in [0.25, 0.3) is 5.91 Å². The van der Waals surface area contributed by atoms with Crippen LogP contribution in [0.5, 0.6) is 11.5 Å². The molecular formula is C20H14INO4S. The molecule has 0 fully saturated rings. The lowest BCUT2D eigenvalue weighted by atomic mass is 10.0. The summed E-state index contributed by atoms with van der Waals surface area (Å²) in [4.78, 5) is 26.3. The maximum absolute atomic E-state index is 13.2. The summed E-state index contributed by atoms with van der Waals surface area (Å²) in [6.45, 7) is 0.847. The van der Waals surface area contributed by atoms with Crippen LogP contribution >= 0.6 is 33.9 Å². The monoisotopic (exact) mass is 491 g/mol. The number of ether oxygens (including phenoxy) is 2. The van der Waals surface area contributed by atoms with Crippen LogP contribution in [0.3, 0.4) is 0 Å². The van der Waals surface area contributed by atoms with Crippen LogP contribution in [0.2, 0.25) is 0 Å². The average Bonchev–Trinajstić information content (AvgIpc) is 3.22. The third-order valence-corrected chi connectivity index (χ3v) is 5.85. The molecule has 0 saturated heterocycles. The number of halogens is 1. The first-order valence-corrected chi connectivity index (χ1v) is 10.2. The lowest BCUT2D eigenvalue weighted by molar-refractivity contribution is 0.103. The van der Waals surface area contributed by atoms with Crippen molar-refractivity contribution < 1.29 is 19.1 Å². The summed E-state index contributed by atoms with van der Waals surface area (Å²) in [7, 11) is 0. The summed E-state index contributed by atoms with van der Waals surface area (Å²) in [5.74, 6) is 0.573. The van der Waals surface area contributed by atoms with E-state index < -0.39 is 0 Å². The largest absolute Gasteiger partial charge is 0.486 e. The number of amides is 1. The van der Waals surface area contributed by atoms with E-state index in [0.29, 0.717) is 46.4 Å². The SMILES string of the molecule is O=C(Nc1cc2c(cc1C(=O)c1ccccc1I)OCCO2)c1cccs1. The number of hydrogen-bond donors (Lipinski definition) is 1. The number of fused-ring (bicyclic) bond motifs is 1. The molecule has 27 heavy (non-hydrogen) atoms. The lowest BCUT2D eigenvalue weighted by Gasteiger charge is -2.21. The van der Waals surface area contributed by atoms with Gasteiger partial charge in [0, 0.05) is 15.2 Å². The van der Waals surface area contributed by atoms with Crippen LogP contribution in [0.4, 0.5) is 5.69 Å². The van der Waals surface area contributed by atoms with Crippen molar-refractivity contribution in [1.29, 1.82) is 0 Å². The van der Waals surface area contributed by atoms with Crippen molar-refractivity contribution in [2.24, 2.45) is 0 Å². The first-order valence-electron chi connectivity index (χ1n) is 8.21. The Hall–Kier alpha value is -2.39. The highest BCUT2D eigenvalue weighted by atomic mass is 127.